The summed E-state index contributed by atoms with van der Waals surface area (Å²) in [5.41, 5.74) is 0.865. The maximum absolute atomic E-state index is 12.1. The number of hydrogen-bond acceptors (Lipinski definition) is 5. The second-order valence-corrected chi connectivity index (χ2v) is 7.74. The van der Waals surface area contributed by atoms with Crippen LogP contribution in [0, 0.1) is 5.92 Å². The van der Waals surface area contributed by atoms with Crippen molar-refractivity contribution >= 4 is 22.0 Å². The molecule has 0 unspecified atom stereocenters. The standard InChI is InChI=1S/C18H22N4O2S/c23-25(24,14-9-16-5-2-1-3-6-16)21-15-17-7-12-22(13-8-17)18-19-10-4-11-20-18/h1-6,9-11,14,17,21H,7-8,12-13,15H2. The zero-order valence-corrected chi connectivity index (χ0v) is 14.8. The Balaban J connectivity index is 1.47. The van der Waals surface area contributed by atoms with E-state index in [4.69, 9.17) is 0 Å². The summed E-state index contributed by atoms with van der Waals surface area (Å²) in [7, 11) is -3.41. The van der Waals surface area contributed by atoms with Crippen molar-refractivity contribution in [3.05, 3.63) is 59.8 Å². The van der Waals surface area contributed by atoms with Crippen LogP contribution in [0.3, 0.4) is 0 Å². The van der Waals surface area contributed by atoms with Gasteiger partial charge in [0.25, 0.3) is 0 Å². The molecule has 0 atom stereocenters. The summed E-state index contributed by atoms with van der Waals surface area (Å²) < 4.78 is 26.9. The minimum atomic E-state index is -3.41. The molecule has 1 aromatic carbocycles. The highest BCUT2D eigenvalue weighted by Crippen LogP contribution is 2.19. The Hall–Kier alpha value is -2.25. The molecule has 2 heterocycles. The van der Waals surface area contributed by atoms with Crippen molar-refractivity contribution in [1.29, 1.82) is 0 Å². The highest BCUT2D eigenvalue weighted by Gasteiger charge is 2.21. The average molecular weight is 358 g/mol. The zero-order chi connectivity index (χ0) is 17.5. The Morgan fingerprint density at radius 1 is 1.08 bits per heavy atom. The van der Waals surface area contributed by atoms with Crippen LogP contribution < -0.4 is 9.62 Å². The van der Waals surface area contributed by atoms with Gasteiger partial charge in [-0.25, -0.2) is 23.1 Å². The van der Waals surface area contributed by atoms with Gasteiger partial charge in [-0.15, -0.1) is 0 Å². The molecule has 1 fully saturated rings. The van der Waals surface area contributed by atoms with E-state index >= 15 is 0 Å². The SMILES string of the molecule is O=S(=O)(C=Cc1ccccc1)NCC1CCN(c2ncccn2)CC1. The Morgan fingerprint density at radius 3 is 2.44 bits per heavy atom. The van der Waals surface area contributed by atoms with Crippen molar-refractivity contribution in [2.75, 3.05) is 24.5 Å². The summed E-state index contributed by atoms with van der Waals surface area (Å²) in [5, 5.41) is 1.23. The molecule has 1 aliphatic rings. The first-order valence-electron chi connectivity index (χ1n) is 8.37. The smallest absolute Gasteiger partial charge is 0.233 e. The molecule has 3 rings (SSSR count). The van der Waals surface area contributed by atoms with Crippen molar-refractivity contribution in [3.8, 4) is 0 Å². The van der Waals surface area contributed by atoms with Gasteiger partial charge >= 0.3 is 0 Å². The van der Waals surface area contributed by atoms with Crippen LogP contribution in [0.5, 0.6) is 0 Å². The zero-order valence-electron chi connectivity index (χ0n) is 14.0. The largest absolute Gasteiger partial charge is 0.341 e. The lowest BCUT2D eigenvalue weighted by Gasteiger charge is -2.31. The number of sulfonamides is 1. The molecule has 0 bridgehead atoms. The number of hydrogen-bond donors (Lipinski definition) is 1. The molecule has 1 saturated heterocycles. The molecule has 1 aromatic heterocycles. The molecule has 132 valence electrons. The van der Waals surface area contributed by atoms with E-state index < -0.39 is 10.0 Å². The highest BCUT2D eigenvalue weighted by molar-refractivity contribution is 7.92. The first-order chi connectivity index (χ1) is 12.1. The lowest BCUT2D eigenvalue weighted by molar-refractivity contribution is 0.399. The molecule has 0 aliphatic carbocycles. The van der Waals surface area contributed by atoms with Gasteiger partial charge < -0.3 is 4.90 Å². The first-order valence-corrected chi connectivity index (χ1v) is 9.92. The van der Waals surface area contributed by atoms with E-state index in [0.29, 0.717) is 12.5 Å². The van der Waals surface area contributed by atoms with Crippen LogP contribution in [0.4, 0.5) is 5.95 Å². The van der Waals surface area contributed by atoms with Gasteiger partial charge in [-0.1, -0.05) is 30.3 Å². The van der Waals surface area contributed by atoms with Crippen molar-refractivity contribution in [2.24, 2.45) is 5.92 Å². The first kappa shape index (κ1) is 17.6. The summed E-state index contributed by atoms with van der Waals surface area (Å²) in [6, 6.07) is 11.2. The van der Waals surface area contributed by atoms with E-state index in [1.165, 1.54) is 5.41 Å². The summed E-state index contributed by atoms with van der Waals surface area (Å²) >= 11 is 0. The van der Waals surface area contributed by atoms with Gasteiger partial charge in [-0.05, 0) is 36.5 Å². The summed E-state index contributed by atoms with van der Waals surface area (Å²) in [4.78, 5) is 10.7. The van der Waals surface area contributed by atoms with E-state index in [1.54, 1.807) is 24.5 Å². The Labute approximate surface area is 148 Å². The summed E-state index contributed by atoms with van der Waals surface area (Å²) in [5.74, 6) is 1.08. The van der Waals surface area contributed by atoms with Gasteiger partial charge in [0.15, 0.2) is 0 Å². The van der Waals surface area contributed by atoms with Crippen LogP contribution in [0.15, 0.2) is 54.2 Å². The molecule has 1 N–H and O–H groups in total. The second-order valence-electron chi connectivity index (χ2n) is 6.09. The normalized spacial score (nSPS) is 16.4. The number of nitrogens with one attached hydrogen (secondary N) is 1. The number of rotatable bonds is 6. The molecule has 6 nitrogen and oxygen atoms in total. The van der Waals surface area contributed by atoms with Crippen LogP contribution in [0.1, 0.15) is 18.4 Å². The van der Waals surface area contributed by atoms with Crippen LogP contribution in [-0.4, -0.2) is 38.0 Å². The third-order valence-corrected chi connectivity index (χ3v) is 5.33. The summed E-state index contributed by atoms with van der Waals surface area (Å²) in [6.07, 6.45) is 6.92. The third kappa shape index (κ3) is 5.37. The average Bonchev–Trinajstić information content (AvgIpc) is 2.67. The fraction of sp³-hybridized carbons (Fsp3) is 0.333. The number of anilines is 1. The third-order valence-electron chi connectivity index (χ3n) is 4.26. The van der Waals surface area contributed by atoms with E-state index in [9.17, 15) is 8.42 Å². The molecule has 0 spiro atoms. The second kappa shape index (κ2) is 8.22. The highest BCUT2D eigenvalue weighted by atomic mass is 32.2. The molecule has 7 heteroatoms. The van der Waals surface area contributed by atoms with E-state index in [-0.39, 0.29) is 0 Å². The fourth-order valence-corrected chi connectivity index (χ4v) is 3.71. The van der Waals surface area contributed by atoms with Gasteiger partial charge in [-0.2, -0.15) is 0 Å². The van der Waals surface area contributed by atoms with Gasteiger partial charge in [-0.3, -0.25) is 0 Å². The Morgan fingerprint density at radius 2 is 1.76 bits per heavy atom. The van der Waals surface area contributed by atoms with Crippen LogP contribution in [-0.2, 0) is 10.0 Å². The molecular weight excluding hydrogens is 336 g/mol. The quantitative estimate of drug-likeness (QED) is 0.857. The Kier molecular flexibility index (Phi) is 5.78. The predicted molar refractivity (Wildman–Crippen MR) is 99.4 cm³/mol. The molecule has 25 heavy (non-hydrogen) atoms. The predicted octanol–water partition coefficient (Wildman–Crippen LogP) is 2.28. The van der Waals surface area contributed by atoms with Crippen molar-refractivity contribution in [1.82, 2.24) is 14.7 Å². The van der Waals surface area contributed by atoms with E-state index in [0.717, 1.165) is 37.4 Å². The fourth-order valence-electron chi connectivity index (χ4n) is 2.81. The van der Waals surface area contributed by atoms with Crippen molar-refractivity contribution < 1.29 is 8.42 Å². The van der Waals surface area contributed by atoms with Gasteiger partial charge in [0.05, 0.1) is 0 Å². The van der Waals surface area contributed by atoms with Gasteiger partial charge in [0, 0.05) is 37.4 Å². The lowest BCUT2D eigenvalue weighted by Crippen LogP contribution is -2.39. The Bertz CT molecular complexity index is 786. The maximum atomic E-state index is 12.1. The molecule has 0 radical (unpaired) electrons. The molecular formula is C18H22N4O2S. The molecule has 2 aromatic rings. The minimum Gasteiger partial charge on any atom is -0.341 e. The van der Waals surface area contributed by atoms with Crippen molar-refractivity contribution in [3.63, 3.8) is 0 Å². The van der Waals surface area contributed by atoms with Gasteiger partial charge in [0.1, 0.15) is 0 Å². The van der Waals surface area contributed by atoms with Crippen molar-refractivity contribution in [2.45, 2.75) is 12.8 Å². The van der Waals surface area contributed by atoms with Crippen LogP contribution >= 0.6 is 0 Å². The van der Waals surface area contributed by atoms with E-state index in [1.807, 2.05) is 30.3 Å². The molecule has 0 saturated carbocycles. The van der Waals surface area contributed by atoms with Crippen LogP contribution in [0.2, 0.25) is 0 Å². The minimum absolute atomic E-state index is 0.333. The van der Waals surface area contributed by atoms with E-state index in [2.05, 4.69) is 19.6 Å². The number of nitrogens with zero attached hydrogens (tertiary/aromatic N) is 3. The topological polar surface area (TPSA) is 75.2 Å². The number of piperidine rings is 1. The lowest BCUT2D eigenvalue weighted by atomic mass is 9.97. The maximum Gasteiger partial charge on any atom is 0.233 e. The van der Waals surface area contributed by atoms with Gasteiger partial charge in [0.2, 0.25) is 16.0 Å². The van der Waals surface area contributed by atoms with Crippen LogP contribution in [0.25, 0.3) is 6.08 Å². The number of aromatic nitrogens is 2. The monoisotopic (exact) mass is 358 g/mol. The molecule has 1 aliphatic heterocycles. The molecule has 0 amide bonds. The summed E-state index contributed by atoms with van der Waals surface area (Å²) in [6.45, 7) is 2.15. The number of benzene rings is 1.